The van der Waals surface area contributed by atoms with E-state index >= 15 is 0 Å². The molecule has 4 heterocycles. The second-order valence-electron chi connectivity index (χ2n) is 7.99. The van der Waals surface area contributed by atoms with Gasteiger partial charge in [-0.25, -0.2) is 8.78 Å². The maximum absolute atomic E-state index is 14.2. The normalized spacial score (nSPS) is 15.6. The zero-order valence-corrected chi connectivity index (χ0v) is 18.0. The molecule has 1 aromatic carbocycles. The maximum atomic E-state index is 14.2. The Morgan fingerprint density at radius 1 is 1.29 bits per heavy atom. The fourth-order valence-corrected chi connectivity index (χ4v) is 3.92. The van der Waals surface area contributed by atoms with Crippen LogP contribution in [0.5, 0.6) is 0 Å². The van der Waals surface area contributed by atoms with Gasteiger partial charge in [0.05, 0.1) is 36.3 Å². The van der Waals surface area contributed by atoms with Crippen LogP contribution >= 0.6 is 0 Å². The number of piperidine rings is 1. The third-order valence-electron chi connectivity index (χ3n) is 5.49. The summed E-state index contributed by atoms with van der Waals surface area (Å²) in [7, 11) is 0. The van der Waals surface area contributed by atoms with E-state index in [-0.39, 0.29) is 31.3 Å². The van der Waals surface area contributed by atoms with E-state index in [1.54, 1.807) is 30.6 Å². The van der Waals surface area contributed by atoms with Crippen LogP contribution in [0.3, 0.4) is 0 Å². The summed E-state index contributed by atoms with van der Waals surface area (Å²) in [6.07, 6.45) is 3.33. The molecule has 3 aromatic heterocycles. The summed E-state index contributed by atoms with van der Waals surface area (Å²) in [6.45, 7) is 0.0558. The molecule has 1 fully saturated rings. The number of fused-ring (bicyclic) bond motifs is 1. The summed E-state index contributed by atoms with van der Waals surface area (Å²) in [5, 5.41) is 21.1. The third kappa shape index (κ3) is 4.44. The minimum absolute atomic E-state index is 0.0501. The van der Waals surface area contributed by atoms with Gasteiger partial charge in [-0.2, -0.15) is 10.1 Å². The molecular weight excluding hydrogens is 450 g/mol. The van der Waals surface area contributed by atoms with Gasteiger partial charge in [-0.3, -0.25) is 9.89 Å². The number of hydrogen-bond donors (Lipinski definition) is 4. The molecule has 0 saturated carbocycles. The van der Waals surface area contributed by atoms with Gasteiger partial charge in [0.15, 0.2) is 11.3 Å². The molecular formula is C22H22F2N6O4. The molecule has 0 atom stereocenters. The van der Waals surface area contributed by atoms with E-state index in [9.17, 15) is 13.6 Å². The van der Waals surface area contributed by atoms with Gasteiger partial charge in [0.1, 0.15) is 11.3 Å². The fourth-order valence-electron chi connectivity index (χ4n) is 3.92. The molecule has 1 aliphatic rings. The van der Waals surface area contributed by atoms with Gasteiger partial charge in [-0.15, -0.1) is 0 Å². The summed E-state index contributed by atoms with van der Waals surface area (Å²) in [5.41, 5.74) is 2.16. The summed E-state index contributed by atoms with van der Waals surface area (Å²) >= 11 is 0. The number of alkyl halides is 2. The molecule has 0 bridgehead atoms. The molecule has 178 valence electrons. The van der Waals surface area contributed by atoms with Crippen LogP contribution < -0.4 is 15.5 Å². The van der Waals surface area contributed by atoms with Gasteiger partial charge in [0.25, 0.3) is 17.8 Å². The summed E-state index contributed by atoms with van der Waals surface area (Å²) < 4.78 is 39.6. The number of aliphatic hydroxyl groups is 1. The van der Waals surface area contributed by atoms with Crippen molar-refractivity contribution in [2.45, 2.75) is 18.8 Å². The lowest BCUT2D eigenvalue weighted by Gasteiger charge is -2.35. The molecule has 0 aliphatic carbocycles. The standard InChI is InChI=1S/C22H22F2N6O4/c23-22(24)4-1-6-30(12-22)16-8-15-19(34-21(29-15)25-5-7-31)9-14(16)28-20(32)18-3-2-17(33-18)13-10-26-27-11-13/h2-3,8-11,31H,1,4-7,12H2,(H,25,29)(H,26,27)(H,28,32). The lowest BCUT2D eigenvalue weighted by molar-refractivity contribution is -0.0116. The van der Waals surface area contributed by atoms with Gasteiger partial charge < -0.3 is 29.5 Å². The second-order valence-corrected chi connectivity index (χ2v) is 7.99. The van der Waals surface area contributed by atoms with E-state index in [1.165, 1.54) is 11.0 Å². The van der Waals surface area contributed by atoms with Crippen LogP contribution in [0.25, 0.3) is 22.4 Å². The molecule has 34 heavy (non-hydrogen) atoms. The number of nitrogens with one attached hydrogen (secondary N) is 3. The fraction of sp³-hybridized carbons (Fsp3) is 0.318. The van der Waals surface area contributed by atoms with Crippen molar-refractivity contribution in [3.05, 3.63) is 42.4 Å². The molecule has 0 spiro atoms. The number of aromatic nitrogens is 3. The lowest BCUT2D eigenvalue weighted by Crippen LogP contribution is -2.43. The van der Waals surface area contributed by atoms with Gasteiger partial charge in [0, 0.05) is 31.8 Å². The van der Waals surface area contributed by atoms with E-state index in [1.807, 2.05) is 0 Å². The molecule has 4 N–H and O–H groups in total. The highest BCUT2D eigenvalue weighted by Crippen LogP contribution is 2.37. The number of amides is 1. The number of carbonyl (C=O) groups is 1. The average molecular weight is 472 g/mol. The molecule has 4 aromatic rings. The van der Waals surface area contributed by atoms with Crippen molar-refractivity contribution in [1.29, 1.82) is 0 Å². The molecule has 12 heteroatoms. The number of aromatic amines is 1. The zero-order valence-electron chi connectivity index (χ0n) is 18.0. The number of oxazole rings is 1. The highest BCUT2D eigenvalue weighted by molar-refractivity contribution is 6.06. The number of anilines is 3. The van der Waals surface area contributed by atoms with Crippen molar-refractivity contribution in [3.8, 4) is 11.3 Å². The van der Waals surface area contributed by atoms with Crippen LogP contribution in [0.2, 0.25) is 0 Å². The first-order valence-corrected chi connectivity index (χ1v) is 10.7. The van der Waals surface area contributed by atoms with E-state index in [2.05, 4.69) is 25.8 Å². The first-order valence-electron chi connectivity index (χ1n) is 10.7. The second kappa shape index (κ2) is 8.78. The summed E-state index contributed by atoms with van der Waals surface area (Å²) in [6, 6.07) is 6.50. The Labute approximate surface area is 191 Å². The number of carbonyl (C=O) groups excluding carboxylic acids is 1. The Hall–Kier alpha value is -3.93. The molecule has 10 nitrogen and oxygen atoms in total. The van der Waals surface area contributed by atoms with E-state index in [0.29, 0.717) is 46.8 Å². The van der Waals surface area contributed by atoms with Gasteiger partial charge in [-0.05, 0) is 24.6 Å². The van der Waals surface area contributed by atoms with Crippen molar-refractivity contribution in [2.75, 3.05) is 41.8 Å². The first-order chi connectivity index (χ1) is 16.4. The Morgan fingerprint density at radius 2 is 2.18 bits per heavy atom. The molecule has 1 aliphatic heterocycles. The van der Waals surface area contributed by atoms with Gasteiger partial charge in [-0.1, -0.05) is 0 Å². The number of nitrogens with zero attached hydrogens (tertiary/aromatic N) is 3. The minimum atomic E-state index is -2.84. The number of aliphatic hydroxyl groups excluding tert-OH is 1. The monoisotopic (exact) mass is 472 g/mol. The smallest absolute Gasteiger partial charge is 0.295 e. The number of H-pyrrole nitrogens is 1. The van der Waals surface area contributed by atoms with Crippen molar-refractivity contribution >= 4 is 34.4 Å². The van der Waals surface area contributed by atoms with Crippen LogP contribution in [-0.2, 0) is 0 Å². The SMILES string of the molecule is O=C(Nc1cc2oc(NCCO)nc2cc1N1CCCC(F)(F)C1)c1ccc(-c2cn[nH]c2)o1. The van der Waals surface area contributed by atoms with E-state index < -0.39 is 18.4 Å². The lowest BCUT2D eigenvalue weighted by atomic mass is 10.1. The van der Waals surface area contributed by atoms with Crippen LogP contribution in [0.15, 0.2) is 45.5 Å². The Bertz CT molecular complexity index is 1300. The summed E-state index contributed by atoms with van der Waals surface area (Å²) in [5.74, 6) is -2.88. The predicted molar refractivity (Wildman–Crippen MR) is 120 cm³/mol. The topological polar surface area (TPSA) is 132 Å². The van der Waals surface area contributed by atoms with E-state index in [4.69, 9.17) is 13.9 Å². The Balaban J connectivity index is 1.48. The van der Waals surface area contributed by atoms with Crippen molar-refractivity contribution in [2.24, 2.45) is 0 Å². The predicted octanol–water partition coefficient (Wildman–Crippen LogP) is 3.70. The van der Waals surface area contributed by atoms with Crippen LogP contribution in [0, 0.1) is 0 Å². The van der Waals surface area contributed by atoms with Crippen molar-refractivity contribution in [1.82, 2.24) is 15.2 Å². The van der Waals surface area contributed by atoms with Gasteiger partial charge in [0.2, 0.25) is 0 Å². The third-order valence-corrected chi connectivity index (χ3v) is 5.49. The molecule has 5 rings (SSSR count). The zero-order chi connectivity index (χ0) is 23.7. The number of rotatable bonds is 7. The van der Waals surface area contributed by atoms with Crippen LogP contribution in [-0.4, -0.2) is 58.4 Å². The van der Waals surface area contributed by atoms with Crippen molar-refractivity contribution < 1.29 is 27.5 Å². The summed E-state index contributed by atoms with van der Waals surface area (Å²) in [4.78, 5) is 18.8. The Morgan fingerprint density at radius 3 is 2.94 bits per heavy atom. The molecule has 1 saturated heterocycles. The molecule has 0 radical (unpaired) electrons. The Kier molecular flexibility index (Phi) is 5.65. The van der Waals surface area contributed by atoms with Gasteiger partial charge >= 0.3 is 0 Å². The quantitative estimate of drug-likeness (QED) is 0.320. The first kappa shape index (κ1) is 21.9. The highest BCUT2D eigenvalue weighted by Gasteiger charge is 2.36. The maximum Gasteiger partial charge on any atom is 0.295 e. The minimum Gasteiger partial charge on any atom is -0.451 e. The molecule has 0 unspecified atom stereocenters. The number of halogens is 2. The average Bonchev–Trinajstić information content (AvgIpc) is 3.56. The van der Waals surface area contributed by atoms with Crippen LogP contribution in [0.1, 0.15) is 23.4 Å². The number of benzene rings is 1. The van der Waals surface area contributed by atoms with Crippen molar-refractivity contribution in [3.63, 3.8) is 0 Å². The van der Waals surface area contributed by atoms with E-state index in [0.717, 1.165) is 0 Å². The highest BCUT2D eigenvalue weighted by atomic mass is 19.3. The largest absolute Gasteiger partial charge is 0.451 e. The van der Waals surface area contributed by atoms with Crippen LogP contribution in [0.4, 0.5) is 26.2 Å². The number of furan rings is 1. The molecule has 1 amide bonds. The number of hydrogen-bond acceptors (Lipinski definition) is 8.